The van der Waals surface area contributed by atoms with Gasteiger partial charge in [0, 0.05) is 13.0 Å². The Hall–Kier alpha value is -0.570. The smallest absolute Gasteiger partial charge is 0.303 e. The van der Waals surface area contributed by atoms with Crippen LogP contribution in [0.3, 0.4) is 0 Å². The van der Waals surface area contributed by atoms with Crippen LogP contribution in [0.25, 0.3) is 0 Å². The molecule has 1 heterocycles. The minimum absolute atomic E-state index is 0.308. The monoisotopic (exact) mass is 186 g/mol. The van der Waals surface area contributed by atoms with Crippen LogP contribution in [0.4, 0.5) is 0 Å². The van der Waals surface area contributed by atoms with E-state index in [1.54, 1.807) is 0 Å². The lowest BCUT2D eigenvalue weighted by Gasteiger charge is -2.28. The predicted octanol–water partition coefficient (Wildman–Crippen LogP) is 2.06. The number of rotatable bonds is 4. The molecule has 0 bridgehead atoms. The molecule has 0 spiro atoms. The molecule has 0 amide bonds. The molecular formula is C10H18O3. The van der Waals surface area contributed by atoms with Gasteiger partial charge in [-0.15, -0.1) is 0 Å². The van der Waals surface area contributed by atoms with Gasteiger partial charge >= 0.3 is 5.97 Å². The molecular weight excluding hydrogens is 168 g/mol. The van der Waals surface area contributed by atoms with E-state index in [0.29, 0.717) is 18.4 Å². The summed E-state index contributed by atoms with van der Waals surface area (Å²) in [6.45, 7) is 2.87. The molecule has 1 aliphatic rings. The van der Waals surface area contributed by atoms with Crippen molar-refractivity contribution in [1.82, 2.24) is 0 Å². The maximum absolute atomic E-state index is 10.5. The fraction of sp³-hybridized carbons (Fsp3) is 0.900. The minimum Gasteiger partial charge on any atom is -0.481 e. The molecule has 1 rings (SSSR count). The van der Waals surface area contributed by atoms with Gasteiger partial charge in [0.05, 0.1) is 6.10 Å². The summed E-state index contributed by atoms with van der Waals surface area (Å²) in [4.78, 5) is 10.5. The van der Waals surface area contributed by atoms with Gasteiger partial charge in [-0.1, -0.05) is 13.3 Å². The van der Waals surface area contributed by atoms with Crippen molar-refractivity contribution in [3.8, 4) is 0 Å². The van der Waals surface area contributed by atoms with E-state index in [1.807, 2.05) is 0 Å². The third-order valence-corrected chi connectivity index (χ3v) is 2.55. The molecule has 0 aromatic heterocycles. The predicted molar refractivity (Wildman–Crippen MR) is 49.6 cm³/mol. The first kappa shape index (κ1) is 10.5. The van der Waals surface area contributed by atoms with Gasteiger partial charge in [0.2, 0.25) is 0 Å². The van der Waals surface area contributed by atoms with Crippen LogP contribution in [0.2, 0.25) is 0 Å². The zero-order valence-electron chi connectivity index (χ0n) is 8.16. The molecule has 76 valence electrons. The SMILES string of the molecule is CCCC1CC(CC(=O)O)CCO1. The Balaban J connectivity index is 2.28. The van der Waals surface area contributed by atoms with Gasteiger partial charge in [-0.2, -0.15) is 0 Å². The van der Waals surface area contributed by atoms with Crippen LogP contribution in [0.5, 0.6) is 0 Å². The van der Waals surface area contributed by atoms with Crippen molar-refractivity contribution in [2.45, 2.75) is 45.1 Å². The average molecular weight is 186 g/mol. The van der Waals surface area contributed by atoms with Crippen molar-refractivity contribution in [3.05, 3.63) is 0 Å². The highest BCUT2D eigenvalue weighted by Crippen LogP contribution is 2.25. The Morgan fingerprint density at radius 3 is 3.00 bits per heavy atom. The molecule has 0 aromatic carbocycles. The molecule has 13 heavy (non-hydrogen) atoms. The van der Waals surface area contributed by atoms with E-state index in [-0.39, 0.29) is 0 Å². The molecule has 1 saturated heterocycles. The highest BCUT2D eigenvalue weighted by molar-refractivity contribution is 5.67. The number of hydrogen-bond acceptors (Lipinski definition) is 2. The van der Waals surface area contributed by atoms with Crippen LogP contribution < -0.4 is 0 Å². The topological polar surface area (TPSA) is 46.5 Å². The quantitative estimate of drug-likeness (QED) is 0.731. The molecule has 0 radical (unpaired) electrons. The lowest BCUT2D eigenvalue weighted by atomic mass is 9.91. The first-order chi connectivity index (χ1) is 6.22. The fourth-order valence-electron chi connectivity index (χ4n) is 1.91. The number of carbonyl (C=O) groups is 1. The van der Waals surface area contributed by atoms with Gasteiger partial charge in [0.25, 0.3) is 0 Å². The molecule has 2 atom stereocenters. The standard InChI is InChI=1S/C10H18O3/c1-2-3-9-6-8(4-5-13-9)7-10(11)12/h8-9H,2-7H2,1H3,(H,11,12). The van der Waals surface area contributed by atoms with Gasteiger partial charge < -0.3 is 9.84 Å². The van der Waals surface area contributed by atoms with Crippen LogP contribution in [0.15, 0.2) is 0 Å². The first-order valence-corrected chi connectivity index (χ1v) is 5.05. The van der Waals surface area contributed by atoms with Crippen LogP contribution in [-0.4, -0.2) is 23.8 Å². The third kappa shape index (κ3) is 3.77. The first-order valence-electron chi connectivity index (χ1n) is 5.05. The molecule has 1 N–H and O–H groups in total. The molecule has 1 aliphatic heterocycles. The summed E-state index contributed by atoms with van der Waals surface area (Å²) < 4.78 is 5.54. The zero-order chi connectivity index (χ0) is 9.68. The maximum Gasteiger partial charge on any atom is 0.303 e. The molecule has 3 nitrogen and oxygen atoms in total. The Labute approximate surface area is 79.1 Å². The van der Waals surface area contributed by atoms with Crippen molar-refractivity contribution in [2.24, 2.45) is 5.92 Å². The van der Waals surface area contributed by atoms with Gasteiger partial charge in [-0.05, 0) is 25.2 Å². The molecule has 2 unspecified atom stereocenters. The van der Waals surface area contributed by atoms with Crippen LogP contribution in [0, 0.1) is 5.92 Å². The second-order valence-corrected chi connectivity index (χ2v) is 3.77. The Morgan fingerprint density at radius 2 is 2.38 bits per heavy atom. The molecule has 3 heteroatoms. The summed E-state index contributed by atoms with van der Waals surface area (Å²) in [5.74, 6) is -0.343. The van der Waals surface area contributed by atoms with Crippen molar-refractivity contribution in [1.29, 1.82) is 0 Å². The number of carboxylic acid groups (broad SMARTS) is 1. The number of aliphatic carboxylic acids is 1. The minimum atomic E-state index is -0.679. The normalized spacial score (nSPS) is 28.7. The second kappa shape index (κ2) is 5.22. The summed E-state index contributed by atoms with van der Waals surface area (Å²) in [7, 11) is 0. The zero-order valence-corrected chi connectivity index (χ0v) is 8.16. The molecule has 0 saturated carbocycles. The summed E-state index contributed by atoms with van der Waals surface area (Å²) in [5.41, 5.74) is 0. The summed E-state index contributed by atoms with van der Waals surface area (Å²) in [5, 5.41) is 8.64. The van der Waals surface area contributed by atoms with Crippen molar-refractivity contribution in [3.63, 3.8) is 0 Å². The van der Waals surface area contributed by atoms with E-state index in [9.17, 15) is 4.79 Å². The van der Waals surface area contributed by atoms with E-state index in [0.717, 1.165) is 32.3 Å². The summed E-state index contributed by atoms with van der Waals surface area (Å²) in [6, 6.07) is 0. The van der Waals surface area contributed by atoms with Crippen LogP contribution in [0.1, 0.15) is 39.0 Å². The third-order valence-electron chi connectivity index (χ3n) is 2.55. The van der Waals surface area contributed by atoms with Crippen molar-refractivity contribution < 1.29 is 14.6 Å². The Kier molecular flexibility index (Phi) is 4.22. The fourth-order valence-corrected chi connectivity index (χ4v) is 1.91. The lowest BCUT2D eigenvalue weighted by molar-refractivity contribution is -0.139. The second-order valence-electron chi connectivity index (χ2n) is 3.77. The van der Waals surface area contributed by atoms with Gasteiger partial charge in [0.1, 0.15) is 0 Å². The van der Waals surface area contributed by atoms with Crippen molar-refractivity contribution in [2.75, 3.05) is 6.61 Å². The average Bonchev–Trinajstić information content (AvgIpc) is 2.04. The van der Waals surface area contributed by atoms with E-state index >= 15 is 0 Å². The van der Waals surface area contributed by atoms with E-state index in [4.69, 9.17) is 9.84 Å². The van der Waals surface area contributed by atoms with E-state index in [2.05, 4.69) is 6.92 Å². The number of carboxylic acids is 1. The summed E-state index contributed by atoms with van der Waals surface area (Å²) >= 11 is 0. The number of hydrogen-bond donors (Lipinski definition) is 1. The lowest BCUT2D eigenvalue weighted by Crippen LogP contribution is -2.26. The van der Waals surface area contributed by atoms with Crippen LogP contribution in [-0.2, 0) is 9.53 Å². The maximum atomic E-state index is 10.5. The largest absolute Gasteiger partial charge is 0.481 e. The van der Waals surface area contributed by atoms with Gasteiger partial charge in [-0.3, -0.25) is 4.79 Å². The Bertz CT molecular complexity index is 166. The highest BCUT2D eigenvalue weighted by Gasteiger charge is 2.23. The highest BCUT2D eigenvalue weighted by atomic mass is 16.5. The van der Waals surface area contributed by atoms with E-state index < -0.39 is 5.97 Å². The van der Waals surface area contributed by atoms with Gasteiger partial charge in [-0.25, -0.2) is 0 Å². The van der Waals surface area contributed by atoms with Crippen molar-refractivity contribution >= 4 is 5.97 Å². The number of ether oxygens (including phenoxy) is 1. The molecule has 0 aromatic rings. The Morgan fingerprint density at radius 1 is 1.62 bits per heavy atom. The van der Waals surface area contributed by atoms with Crippen LogP contribution >= 0.6 is 0 Å². The van der Waals surface area contributed by atoms with Gasteiger partial charge in [0.15, 0.2) is 0 Å². The van der Waals surface area contributed by atoms with E-state index in [1.165, 1.54) is 0 Å². The summed E-state index contributed by atoms with van der Waals surface area (Å²) in [6.07, 6.45) is 4.64. The molecule has 0 aliphatic carbocycles. The molecule has 1 fully saturated rings.